The molecule has 1 aromatic heterocycles. The highest BCUT2D eigenvalue weighted by Gasteiger charge is 2.25. The van der Waals surface area contributed by atoms with E-state index in [9.17, 15) is 14.7 Å². The van der Waals surface area contributed by atoms with Gasteiger partial charge in [-0.3, -0.25) is 4.79 Å². The number of methoxy groups -OCH3 is 1. The number of hydrogen-bond acceptors (Lipinski definition) is 6. The summed E-state index contributed by atoms with van der Waals surface area (Å²) in [5, 5.41) is 14.6. The first-order valence-electron chi connectivity index (χ1n) is 9.71. The zero-order valence-electron chi connectivity index (χ0n) is 17.0. The van der Waals surface area contributed by atoms with Gasteiger partial charge in [0, 0.05) is 16.8 Å². The molecule has 0 unspecified atom stereocenters. The van der Waals surface area contributed by atoms with Crippen LogP contribution in [0.3, 0.4) is 0 Å². The maximum atomic E-state index is 12.6. The molecule has 0 bridgehead atoms. The number of aliphatic hydroxyl groups is 1. The van der Waals surface area contributed by atoms with E-state index in [1.807, 2.05) is 24.3 Å². The van der Waals surface area contributed by atoms with Gasteiger partial charge in [-0.1, -0.05) is 48.5 Å². The minimum absolute atomic E-state index is 0.380. The van der Waals surface area contributed by atoms with Crippen LogP contribution in [0.1, 0.15) is 18.6 Å². The molecule has 0 fully saturated rings. The largest absolute Gasteiger partial charge is 0.495 e. The van der Waals surface area contributed by atoms with Crippen molar-refractivity contribution in [2.75, 3.05) is 12.4 Å². The van der Waals surface area contributed by atoms with Gasteiger partial charge in [0.15, 0.2) is 12.2 Å². The number of esters is 1. The van der Waals surface area contributed by atoms with Gasteiger partial charge >= 0.3 is 5.97 Å². The van der Waals surface area contributed by atoms with Crippen LogP contribution in [0.4, 0.5) is 5.69 Å². The molecule has 2 atom stereocenters. The van der Waals surface area contributed by atoms with Crippen LogP contribution < -0.4 is 10.1 Å². The second-order valence-electron chi connectivity index (χ2n) is 7.03. The van der Waals surface area contributed by atoms with Crippen molar-refractivity contribution in [3.8, 4) is 5.75 Å². The van der Waals surface area contributed by atoms with Crippen LogP contribution in [0.5, 0.6) is 5.75 Å². The topological polar surface area (TPSA) is 98.0 Å². The summed E-state index contributed by atoms with van der Waals surface area (Å²) >= 11 is 0. The molecule has 1 amide bonds. The van der Waals surface area contributed by atoms with E-state index in [4.69, 9.17) is 13.9 Å². The molecule has 0 aliphatic heterocycles. The van der Waals surface area contributed by atoms with E-state index >= 15 is 0 Å². The number of ether oxygens (including phenoxy) is 2. The highest BCUT2D eigenvalue weighted by atomic mass is 16.6. The van der Waals surface area contributed by atoms with Gasteiger partial charge in [0.25, 0.3) is 5.91 Å². The van der Waals surface area contributed by atoms with E-state index in [0.717, 1.165) is 16.4 Å². The Morgan fingerprint density at radius 1 is 0.968 bits per heavy atom. The van der Waals surface area contributed by atoms with Crippen LogP contribution in [0.25, 0.3) is 21.9 Å². The van der Waals surface area contributed by atoms with Gasteiger partial charge in [0.05, 0.1) is 12.8 Å². The summed E-state index contributed by atoms with van der Waals surface area (Å²) < 4.78 is 16.4. The average Bonchev–Trinajstić information content (AvgIpc) is 3.15. The molecule has 0 spiro atoms. The highest BCUT2D eigenvalue weighted by Crippen LogP contribution is 2.36. The van der Waals surface area contributed by atoms with E-state index in [0.29, 0.717) is 22.6 Å². The molecule has 1 heterocycles. The van der Waals surface area contributed by atoms with Crippen molar-refractivity contribution in [3.05, 3.63) is 72.3 Å². The van der Waals surface area contributed by atoms with Crippen molar-refractivity contribution in [2.24, 2.45) is 0 Å². The van der Waals surface area contributed by atoms with E-state index in [1.54, 1.807) is 42.5 Å². The lowest BCUT2D eigenvalue weighted by Crippen LogP contribution is -2.32. The number of furan rings is 1. The summed E-state index contributed by atoms with van der Waals surface area (Å²) in [5.74, 6) is -1.04. The van der Waals surface area contributed by atoms with Crippen LogP contribution in [0, 0.1) is 0 Å². The first kappa shape index (κ1) is 20.4. The normalized spacial score (nSPS) is 13.0. The number of fused-ring (bicyclic) bond motifs is 3. The molecule has 3 aromatic carbocycles. The molecule has 0 saturated heterocycles. The number of anilines is 1. The number of para-hydroxylation sites is 1. The molecular formula is C24H21NO6. The van der Waals surface area contributed by atoms with Crippen molar-refractivity contribution < 1.29 is 28.6 Å². The maximum absolute atomic E-state index is 12.6. The Morgan fingerprint density at radius 3 is 2.42 bits per heavy atom. The number of benzene rings is 3. The van der Waals surface area contributed by atoms with Gasteiger partial charge in [-0.05, 0) is 24.6 Å². The summed E-state index contributed by atoms with van der Waals surface area (Å²) in [6, 6.07) is 19.4. The molecule has 7 nitrogen and oxygen atoms in total. The third kappa shape index (κ3) is 4.08. The Morgan fingerprint density at radius 2 is 1.68 bits per heavy atom. The molecule has 0 radical (unpaired) electrons. The van der Waals surface area contributed by atoms with Gasteiger partial charge in [0.1, 0.15) is 16.9 Å². The van der Waals surface area contributed by atoms with Crippen molar-refractivity contribution >= 4 is 39.5 Å². The minimum atomic E-state index is -1.47. The Balaban J connectivity index is 1.52. The quantitative estimate of drug-likeness (QED) is 0.455. The Hall–Kier alpha value is -3.84. The van der Waals surface area contributed by atoms with Crippen molar-refractivity contribution in [3.63, 3.8) is 0 Å². The van der Waals surface area contributed by atoms with Crippen LogP contribution >= 0.6 is 0 Å². The van der Waals surface area contributed by atoms with E-state index in [-0.39, 0.29) is 0 Å². The number of carbonyl (C=O) groups is 2. The third-order valence-corrected chi connectivity index (χ3v) is 4.96. The third-order valence-electron chi connectivity index (χ3n) is 4.96. The van der Waals surface area contributed by atoms with Gasteiger partial charge < -0.3 is 24.3 Å². The summed E-state index contributed by atoms with van der Waals surface area (Å²) in [4.78, 5) is 24.8. The summed E-state index contributed by atoms with van der Waals surface area (Å²) in [7, 11) is 1.50. The first-order chi connectivity index (χ1) is 15.0. The van der Waals surface area contributed by atoms with Gasteiger partial charge in [0.2, 0.25) is 0 Å². The summed E-state index contributed by atoms with van der Waals surface area (Å²) in [6.45, 7) is 1.43. The van der Waals surface area contributed by atoms with Crippen LogP contribution in [-0.2, 0) is 14.3 Å². The molecule has 4 rings (SSSR count). The molecule has 158 valence electrons. The van der Waals surface area contributed by atoms with Gasteiger partial charge in [-0.15, -0.1) is 0 Å². The average molecular weight is 419 g/mol. The van der Waals surface area contributed by atoms with Gasteiger partial charge in [-0.25, -0.2) is 4.79 Å². The zero-order chi connectivity index (χ0) is 22.0. The second-order valence-corrected chi connectivity index (χ2v) is 7.03. The number of aliphatic hydroxyl groups excluding tert-OH is 1. The number of nitrogens with one attached hydrogen (secondary N) is 1. The standard InChI is InChI=1S/C24H21NO6/c1-14(30-24(28)22(26)15-8-4-3-5-9-15)23(27)25-18-13-20-17(12-21(18)29-2)16-10-6-7-11-19(16)31-20/h3-14,22,26H,1-2H3,(H,25,27)/t14-,22+/m0/s1. The Kier molecular flexibility index (Phi) is 5.60. The van der Waals surface area contributed by atoms with E-state index < -0.39 is 24.1 Å². The summed E-state index contributed by atoms with van der Waals surface area (Å²) in [6.07, 6.45) is -2.61. The highest BCUT2D eigenvalue weighted by molar-refractivity contribution is 6.08. The van der Waals surface area contributed by atoms with E-state index in [2.05, 4.69) is 5.32 Å². The molecule has 31 heavy (non-hydrogen) atoms. The molecule has 7 heteroatoms. The van der Waals surface area contributed by atoms with Crippen molar-refractivity contribution in [2.45, 2.75) is 19.1 Å². The van der Waals surface area contributed by atoms with Crippen LogP contribution in [0.15, 0.2) is 71.1 Å². The molecule has 0 aliphatic rings. The predicted molar refractivity (Wildman–Crippen MR) is 116 cm³/mol. The van der Waals surface area contributed by atoms with Crippen molar-refractivity contribution in [1.82, 2.24) is 0 Å². The zero-order valence-corrected chi connectivity index (χ0v) is 17.0. The fourth-order valence-electron chi connectivity index (χ4n) is 3.32. The lowest BCUT2D eigenvalue weighted by Gasteiger charge is -2.17. The predicted octanol–water partition coefficient (Wildman–Crippen LogP) is 4.20. The molecule has 0 aliphatic carbocycles. The fraction of sp³-hybridized carbons (Fsp3) is 0.167. The number of hydrogen-bond donors (Lipinski definition) is 2. The van der Waals surface area contributed by atoms with Gasteiger partial charge in [-0.2, -0.15) is 0 Å². The van der Waals surface area contributed by atoms with Crippen molar-refractivity contribution in [1.29, 1.82) is 0 Å². The summed E-state index contributed by atoms with van der Waals surface area (Å²) in [5.41, 5.74) is 2.07. The Labute approximate surface area is 178 Å². The maximum Gasteiger partial charge on any atom is 0.340 e. The molecular weight excluding hydrogens is 398 g/mol. The smallest absolute Gasteiger partial charge is 0.340 e. The van der Waals surface area contributed by atoms with Crippen LogP contribution in [0.2, 0.25) is 0 Å². The monoisotopic (exact) mass is 419 g/mol. The fourth-order valence-corrected chi connectivity index (χ4v) is 3.32. The number of carbonyl (C=O) groups excluding carboxylic acids is 2. The number of rotatable bonds is 6. The number of amides is 1. The minimum Gasteiger partial charge on any atom is -0.495 e. The molecule has 0 saturated carbocycles. The molecule has 4 aromatic rings. The van der Waals surface area contributed by atoms with E-state index in [1.165, 1.54) is 14.0 Å². The first-order valence-corrected chi connectivity index (χ1v) is 9.71. The lowest BCUT2D eigenvalue weighted by molar-refractivity contribution is -0.162. The SMILES string of the molecule is COc1cc2c(cc1NC(=O)[C@H](C)OC(=O)[C@H](O)c1ccccc1)oc1ccccc12. The van der Waals surface area contributed by atoms with Crippen LogP contribution in [-0.4, -0.2) is 30.2 Å². The molecule has 2 N–H and O–H groups in total. The second kappa shape index (κ2) is 8.49. The Bertz CT molecular complexity index is 1250. The lowest BCUT2D eigenvalue weighted by atomic mass is 10.1.